The normalized spacial score (nSPS) is 11.6. The number of hydrogen-bond donors (Lipinski definition) is 2. The second kappa shape index (κ2) is 7.99. The molecule has 24 heavy (non-hydrogen) atoms. The zero-order valence-electron chi connectivity index (χ0n) is 12.2. The summed E-state index contributed by atoms with van der Waals surface area (Å²) in [7, 11) is 0. The Morgan fingerprint density at radius 2 is 1.83 bits per heavy atom. The van der Waals surface area contributed by atoms with Crippen LogP contribution in [0.1, 0.15) is 6.42 Å². The van der Waals surface area contributed by atoms with E-state index in [2.05, 4.69) is 10.6 Å². The molecular weight excluding hydrogens is 358 g/mol. The highest BCUT2D eigenvalue weighted by Gasteiger charge is 2.19. The zero-order valence-corrected chi connectivity index (χ0v) is 13.7. The van der Waals surface area contributed by atoms with Gasteiger partial charge in [0.15, 0.2) is 0 Å². The molecule has 0 aliphatic rings. The number of hydrogen-bond acceptors (Lipinski definition) is 4. The molecule has 2 aromatic carbocycles. The smallest absolute Gasteiger partial charge is 0.247 e. The van der Waals surface area contributed by atoms with Crippen molar-refractivity contribution in [2.24, 2.45) is 0 Å². The molecular formula is C16H12Cl2FN2O3-. The summed E-state index contributed by atoms with van der Waals surface area (Å²) >= 11 is 11.7. The van der Waals surface area contributed by atoms with E-state index in [4.69, 9.17) is 23.2 Å². The lowest BCUT2D eigenvalue weighted by Gasteiger charge is -2.20. The summed E-state index contributed by atoms with van der Waals surface area (Å²) in [5.41, 5.74) is 0.615. The third-order valence-electron chi connectivity index (χ3n) is 3.04. The van der Waals surface area contributed by atoms with Crippen LogP contribution in [0, 0.1) is 5.82 Å². The van der Waals surface area contributed by atoms with Crippen LogP contribution in [-0.4, -0.2) is 17.9 Å². The molecule has 2 rings (SSSR count). The van der Waals surface area contributed by atoms with Crippen molar-refractivity contribution in [3.05, 3.63) is 58.3 Å². The maximum Gasteiger partial charge on any atom is 0.247 e. The Hall–Kier alpha value is -2.31. The molecule has 0 aliphatic heterocycles. The SMILES string of the molecule is O=C([O-])C[C@H](Nc1cccc(F)c1)C(=O)Nc1ccc(Cl)c(Cl)c1. The Bertz CT molecular complexity index is 771. The maximum atomic E-state index is 13.2. The molecule has 0 heterocycles. The molecule has 2 aromatic rings. The number of carboxylic acid groups (broad SMARTS) is 1. The first-order valence-electron chi connectivity index (χ1n) is 6.83. The van der Waals surface area contributed by atoms with Gasteiger partial charge in [-0.2, -0.15) is 0 Å². The van der Waals surface area contributed by atoms with E-state index in [0.717, 1.165) is 6.07 Å². The van der Waals surface area contributed by atoms with Gasteiger partial charge >= 0.3 is 0 Å². The van der Waals surface area contributed by atoms with Crippen LogP contribution in [0.5, 0.6) is 0 Å². The van der Waals surface area contributed by atoms with Gasteiger partial charge in [0.25, 0.3) is 0 Å². The standard InChI is InChI=1S/C16H13Cl2FN2O3/c17-12-5-4-11(7-13(12)18)21-16(24)14(8-15(22)23)20-10-3-1-2-9(19)6-10/h1-7,14,20H,8H2,(H,21,24)(H,22,23)/p-1/t14-/m0/s1. The quantitative estimate of drug-likeness (QED) is 0.819. The average molecular weight is 370 g/mol. The van der Waals surface area contributed by atoms with Crippen LogP contribution in [0.25, 0.3) is 0 Å². The fourth-order valence-corrected chi connectivity index (χ4v) is 2.26. The summed E-state index contributed by atoms with van der Waals surface area (Å²) in [6.07, 6.45) is -0.594. The summed E-state index contributed by atoms with van der Waals surface area (Å²) in [5, 5.41) is 16.6. The second-order valence-corrected chi connectivity index (χ2v) is 5.72. The van der Waals surface area contributed by atoms with Gasteiger partial charge in [-0.25, -0.2) is 4.39 Å². The first-order valence-corrected chi connectivity index (χ1v) is 7.58. The molecule has 0 spiro atoms. The van der Waals surface area contributed by atoms with Crippen LogP contribution in [0.4, 0.5) is 15.8 Å². The Kier molecular flexibility index (Phi) is 6.00. The topological polar surface area (TPSA) is 81.3 Å². The lowest BCUT2D eigenvalue weighted by atomic mass is 10.1. The number of halogens is 3. The Morgan fingerprint density at radius 3 is 2.46 bits per heavy atom. The lowest BCUT2D eigenvalue weighted by molar-refractivity contribution is -0.305. The molecule has 2 N–H and O–H groups in total. The summed E-state index contributed by atoms with van der Waals surface area (Å²) in [5.74, 6) is -2.58. The van der Waals surface area contributed by atoms with Crippen molar-refractivity contribution in [3.8, 4) is 0 Å². The van der Waals surface area contributed by atoms with Gasteiger partial charge in [-0.3, -0.25) is 4.79 Å². The van der Waals surface area contributed by atoms with Crippen molar-refractivity contribution in [2.45, 2.75) is 12.5 Å². The van der Waals surface area contributed by atoms with Gasteiger partial charge in [0.1, 0.15) is 11.9 Å². The molecule has 0 radical (unpaired) electrons. The first-order chi connectivity index (χ1) is 11.3. The molecule has 0 aromatic heterocycles. The highest BCUT2D eigenvalue weighted by atomic mass is 35.5. The highest BCUT2D eigenvalue weighted by molar-refractivity contribution is 6.42. The van der Waals surface area contributed by atoms with Gasteiger partial charge < -0.3 is 20.5 Å². The van der Waals surface area contributed by atoms with E-state index in [1.807, 2.05) is 0 Å². The van der Waals surface area contributed by atoms with Gasteiger partial charge in [0.05, 0.1) is 10.0 Å². The summed E-state index contributed by atoms with van der Waals surface area (Å²) < 4.78 is 13.2. The zero-order chi connectivity index (χ0) is 17.7. The molecule has 0 aliphatic carbocycles. The van der Waals surface area contributed by atoms with Crippen LogP contribution in [0.3, 0.4) is 0 Å². The molecule has 0 bridgehead atoms. The minimum atomic E-state index is -1.42. The van der Waals surface area contributed by atoms with E-state index in [1.54, 1.807) is 0 Å². The summed E-state index contributed by atoms with van der Waals surface area (Å²) in [6, 6.07) is 8.61. The van der Waals surface area contributed by atoms with Crippen LogP contribution in [0.15, 0.2) is 42.5 Å². The number of carbonyl (C=O) groups is 2. The highest BCUT2D eigenvalue weighted by Crippen LogP contribution is 2.25. The van der Waals surface area contributed by atoms with Crippen molar-refractivity contribution in [2.75, 3.05) is 10.6 Å². The third kappa shape index (κ3) is 5.11. The maximum absolute atomic E-state index is 13.2. The van der Waals surface area contributed by atoms with Crippen molar-refractivity contribution in [1.29, 1.82) is 0 Å². The molecule has 0 saturated heterocycles. The minimum absolute atomic E-state index is 0.240. The molecule has 1 amide bonds. The van der Waals surface area contributed by atoms with E-state index in [-0.39, 0.29) is 10.7 Å². The molecule has 0 fully saturated rings. The van der Waals surface area contributed by atoms with Crippen molar-refractivity contribution < 1.29 is 19.1 Å². The van der Waals surface area contributed by atoms with E-state index < -0.39 is 30.2 Å². The van der Waals surface area contributed by atoms with Gasteiger partial charge in [-0.1, -0.05) is 29.3 Å². The third-order valence-corrected chi connectivity index (χ3v) is 3.78. The Morgan fingerprint density at radius 1 is 1.08 bits per heavy atom. The first kappa shape index (κ1) is 18.0. The summed E-state index contributed by atoms with van der Waals surface area (Å²) in [4.78, 5) is 23.2. The molecule has 0 unspecified atom stereocenters. The molecule has 8 heteroatoms. The fourth-order valence-electron chi connectivity index (χ4n) is 1.96. The van der Waals surface area contributed by atoms with Crippen molar-refractivity contribution in [1.82, 2.24) is 0 Å². The van der Waals surface area contributed by atoms with Gasteiger partial charge in [-0.15, -0.1) is 0 Å². The van der Waals surface area contributed by atoms with E-state index in [9.17, 15) is 19.1 Å². The average Bonchev–Trinajstić information content (AvgIpc) is 2.50. The van der Waals surface area contributed by atoms with E-state index in [0.29, 0.717) is 10.7 Å². The van der Waals surface area contributed by atoms with Gasteiger partial charge in [0, 0.05) is 23.8 Å². The second-order valence-electron chi connectivity index (χ2n) is 4.90. The van der Waals surface area contributed by atoms with Crippen LogP contribution in [-0.2, 0) is 9.59 Å². The van der Waals surface area contributed by atoms with Gasteiger partial charge in [0.2, 0.25) is 5.91 Å². The van der Waals surface area contributed by atoms with Gasteiger partial charge in [-0.05, 0) is 36.4 Å². The Labute approximate surface area is 147 Å². The van der Waals surface area contributed by atoms with Crippen molar-refractivity contribution in [3.63, 3.8) is 0 Å². The predicted molar refractivity (Wildman–Crippen MR) is 88.5 cm³/mol. The van der Waals surface area contributed by atoms with E-state index >= 15 is 0 Å². The minimum Gasteiger partial charge on any atom is -0.550 e. The molecule has 1 atom stereocenters. The van der Waals surface area contributed by atoms with Crippen LogP contribution < -0.4 is 15.7 Å². The largest absolute Gasteiger partial charge is 0.550 e. The van der Waals surface area contributed by atoms with E-state index in [1.165, 1.54) is 36.4 Å². The molecule has 126 valence electrons. The lowest BCUT2D eigenvalue weighted by Crippen LogP contribution is -2.40. The van der Waals surface area contributed by atoms with Crippen LogP contribution in [0.2, 0.25) is 10.0 Å². The molecule has 5 nitrogen and oxygen atoms in total. The number of benzene rings is 2. The number of amides is 1. The summed E-state index contributed by atoms with van der Waals surface area (Å²) in [6.45, 7) is 0. The monoisotopic (exact) mass is 369 g/mol. The number of rotatable bonds is 6. The van der Waals surface area contributed by atoms with Crippen LogP contribution >= 0.6 is 23.2 Å². The molecule has 0 saturated carbocycles. The Balaban J connectivity index is 2.15. The number of anilines is 2. The number of nitrogens with one attached hydrogen (secondary N) is 2. The number of carboxylic acids is 1. The van der Waals surface area contributed by atoms with Crippen molar-refractivity contribution >= 4 is 46.5 Å². The number of aliphatic carboxylic acids is 1. The fraction of sp³-hybridized carbons (Fsp3) is 0.125. The predicted octanol–water partition coefficient (Wildman–Crippen LogP) is 2.69. The number of carbonyl (C=O) groups excluding carboxylic acids is 2.